The van der Waals surface area contributed by atoms with Gasteiger partial charge in [-0.25, -0.2) is 0 Å². The van der Waals surface area contributed by atoms with Gasteiger partial charge in [0, 0.05) is 5.56 Å². The molecular weight excluding hydrogens is 486 g/mol. The molecule has 0 saturated heterocycles. The topological polar surface area (TPSA) is 59.3 Å². The molecule has 1 aliphatic carbocycles. The Morgan fingerprint density at radius 2 is 1.71 bits per heavy atom. The second kappa shape index (κ2) is 8.50. The molecule has 2 aromatic carbocycles. The molecular formula is C22H19Br2NO3. The molecule has 0 N–H and O–H groups in total. The lowest BCUT2D eigenvalue weighted by molar-refractivity contribution is -0.149. The van der Waals surface area contributed by atoms with Crippen LogP contribution in [0.25, 0.3) is 0 Å². The lowest BCUT2D eigenvalue weighted by atomic mass is 10.1. The Labute approximate surface area is 181 Å². The molecule has 3 atom stereocenters. The van der Waals surface area contributed by atoms with E-state index in [0.29, 0.717) is 11.3 Å². The van der Waals surface area contributed by atoms with Crippen molar-refractivity contribution >= 4 is 37.8 Å². The van der Waals surface area contributed by atoms with Gasteiger partial charge in [0.2, 0.25) is 6.10 Å². The molecule has 1 saturated carbocycles. The third kappa shape index (κ3) is 4.65. The Bertz CT molecular complexity index is 913. The minimum Gasteiger partial charge on any atom is -0.457 e. The number of para-hydroxylation sites is 1. The van der Waals surface area contributed by atoms with E-state index >= 15 is 0 Å². The Morgan fingerprint density at radius 3 is 2.29 bits per heavy atom. The first-order valence-electron chi connectivity index (χ1n) is 8.78. The number of nitrogens with zero attached hydrogens (tertiary/aromatic N) is 1. The molecule has 0 heterocycles. The number of nitriles is 1. The van der Waals surface area contributed by atoms with E-state index in [1.165, 1.54) is 0 Å². The average molecular weight is 505 g/mol. The van der Waals surface area contributed by atoms with Crippen molar-refractivity contribution in [2.24, 2.45) is 17.3 Å². The summed E-state index contributed by atoms with van der Waals surface area (Å²) in [6.07, 6.45) is 0.995. The number of carbonyl (C=O) groups is 1. The monoisotopic (exact) mass is 503 g/mol. The van der Waals surface area contributed by atoms with Crippen molar-refractivity contribution in [2.45, 2.75) is 20.0 Å². The Morgan fingerprint density at radius 1 is 1.11 bits per heavy atom. The third-order valence-corrected chi connectivity index (χ3v) is 5.51. The second-order valence-electron chi connectivity index (χ2n) is 7.21. The summed E-state index contributed by atoms with van der Waals surface area (Å²) in [5.74, 6) is 0.813. The van der Waals surface area contributed by atoms with Crippen LogP contribution in [0.3, 0.4) is 0 Å². The van der Waals surface area contributed by atoms with E-state index in [1.54, 1.807) is 24.3 Å². The summed E-state index contributed by atoms with van der Waals surface area (Å²) in [6.45, 7) is 4.03. The van der Waals surface area contributed by atoms with Crippen molar-refractivity contribution in [2.75, 3.05) is 0 Å². The van der Waals surface area contributed by atoms with Gasteiger partial charge in [-0.2, -0.15) is 5.26 Å². The largest absolute Gasteiger partial charge is 0.457 e. The molecule has 1 aliphatic rings. The molecule has 3 rings (SSSR count). The summed E-state index contributed by atoms with van der Waals surface area (Å²) in [5.41, 5.74) is 0.417. The number of benzene rings is 2. The molecule has 0 aromatic heterocycles. The van der Waals surface area contributed by atoms with Crippen LogP contribution in [-0.4, -0.2) is 5.97 Å². The summed E-state index contributed by atoms with van der Waals surface area (Å²) in [4.78, 5) is 12.6. The predicted molar refractivity (Wildman–Crippen MR) is 114 cm³/mol. The predicted octanol–water partition coefficient (Wildman–Crippen LogP) is 6.49. The number of hydrogen-bond acceptors (Lipinski definition) is 4. The first kappa shape index (κ1) is 20.6. The van der Waals surface area contributed by atoms with Crippen molar-refractivity contribution in [3.05, 3.63) is 69.6 Å². The van der Waals surface area contributed by atoms with E-state index in [0.717, 1.165) is 9.14 Å². The highest BCUT2D eigenvalue weighted by Crippen LogP contribution is 2.60. The zero-order chi connectivity index (χ0) is 20.3. The van der Waals surface area contributed by atoms with E-state index in [9.17, 15) is 10.1 Å². The molecule has 2 aromatic rings. The smallest absolute Gasteiger partial charge is 0.311 e. The molecule has 6 heteroatoms. The maximum atomic E-state index is 12.6. The van der Waals surface area contributed by atoms with E-state index in [2.05, 4.69) is 37.9 Å². The fourth-order valence-corrected chi connectivity index (χ4v) is 3.84. The van der Waals surface area contributed by atoms with Crippen LogP contribution in [0.1, 0.15) is 25.5 Å². The van der Waals surface area contributed by atoms with Crippen molar-refractivity contribution < 1.29 is 14.3 Å². The van der Waals surface area contributed by atoms with Gasteiger partial charge in [0.15, 0.2) is 0 Å². The van der Waals surface area contributed by atoms with E-state index in [1.807, 2.05) is 50.3 Å². The van der Waals surface area contributed by atoms with Crippen LogP contribution in [0.2, 0.25) is 0 Å². The van der Waals surface area contributed by atoms with Gasteiger partial charge in [0.1, 0.15) is 17.6 Å². The number of ether oxygens (including phenoxy) is 2. The average Bonchev–Trinajstić information content (AvgIpc) is 3.20. The van der Waals surface area contributed by atoms with Gasteiger partial charge in [-0.15, -0.1) is 0 Å². The van der Waals surface area contributed by atoms with E-state index in [4.69, 9.17) is 9.47 Å². The molecule has 28 heavy (non-hydrogen) atoms. The van der Waals surface area contributed by atoms with Crippen LogP contribution in [0, 0.1) is 28.6 Å². The molecule has 0 radical (unpaired) electrons. The van der Waals surface area contributed by atoms with Crippen molar-refractivity contribution in [1.82, 2.24) is 0 Å². The maximum absolute atomic E-state index is 12.6. The Kier molecular flexibility index (Phi) is 6.26. The number of esters is 1. The van der Waals surface area contributed by atoms with Gasteiger partial charge in [0.25, 0.3) is 0 Å². The fourth-order valence-electron chi connectivity index (χ4n) is 3.27. The fraction of sp³-hybridized carbons (Fsp3) is 0.273. The number of carbonyl (C=O) groups excluding carboxylic acids is 1. The van der Waals surface area contributed by atoms with Crippen LogP contribution in [-0.2, 0) is 9.53 Å². The van der Waals surface area contributed by atoms with Crippen LogP contribution < -0.4 is 4.74 Å². The third-order valence-electron chi connectivity index (χ3n) is 4.98. The summed E-state index contributed by atoms with van der Waals surface area (Å²) in [6, 6.07) is 18.5. The zero-order valence-electron chi connectivity index (χ0n) is 15.4. The van der Waals surface area contributed by atoms with Crippen LogP contribution in [0.15, 0.2) is 64.1 Å². The first-order chi connectivity index (χ1) is 13.3. The molecule has 0 spiro atoms. The van der Waals surface area contributed by atoms with E-state index < -0.39 is 6.10 Å². The normalized spacial score (nSPS) is 20.4. The first-order valence-corrected chi connectivity index (χ1v) is 10.4. The number of halogens is 2. The number of hydrogen-bond donors (Lipinski definition) is 0. The van der Waals surface area contributed by atoms with Crippen LogP contribution >= 0.6 is 31.9 Å². The Balaban J connectivity index is 1.66. The van der Waals surface area contributed by atoms with Gasteiger partial charge in [0.05, 0.1) is 9.31 Å². The van der Waals surface area contributed by atoms with Gasteiger partial charge < -0.3 is 9.47 Å². The SMILES string of the molecule is CC1(C)C(C=C(Br)Br)C1C(=O)OC(C#N)c1ccc(Oc2ccccc2)cc1. The number of rotatable bonds is 6. The molecule has 1 fully saturated rings. The molecule has 0 amide bonds. The molecule has 0 aliphatic heterocycles. The summed E-state index contributed by atoms with van der Waals surface area (Å²) in [7, 11) is 0. The summed E-state index contributed by atoms with van der Waals surface area (Å²) >= 11 is 6.67. The maximum Gasteiger partial charge on any atom is 0.311 e. The lowest BCUT2D eigenvalue weighted by Crippen LogP contribution is -2.14. The Hall–Kier alpha value is -2.10. The quantitative estimate of drug-likeness (QED) is 0.422. The van der Waals surface area contributed by atoms with Crippen molar-refractivity contribution in [1.29, 1.82) is 5.26 Å². The zero-order valence-corrected chi connectivity index (χ0v) is 18.6. The molecule has 4 nitrogen and oxygen atoms in total. The van der Waals surface area contributed by atoms with E-state index in [-0.39, 0.29) is 23.2 Å². The minimum absolute atomic E-state index is 0.0646. The van der Waals surface area contributed by atoms with Crippen molar-refractivity contribution in [3.8, 4) is 17.6 Å². The second-order valence-corrected chi connectivity index (χ2v) is 9.98. The standard InChI is InChI=1S/C22H19Br2NO3/c1-22(2)17(12-19(23)24)20(22)21(26)28-18(13-25)14-8-10-16(11-9-14)27-15-6-4-3-5-7-15/h3-12,17-18,20H,1-2H3. The molecule has 3 unspecified atom stereocenters. The molecule has 0 bridgehead atoms. The van der Waals surface area contributed by atoms with Crippen LogP contribution in [0.4, 0.5) is 0 Å². The summed E-state index contributed by atoms with van der Waals surface area (Å²) in [5, 5.41) is 9.49. The number of allylic oxidation sites excluding steroid dienone is 1. The van der Waals surface area contributed by atoms with Gasteiger partial charge in [-0.05, 0) is 67.5 Å². The minimum atomic E-state index is -0.952. The lowest BCUT2D eigenvalue weighted by Gasteiger charge is -2.13. The highest BCUT2D eigenvalue weighted by Gasteiger charge is 2.61. The highest BCUT2D eigenvalue weighted by molar-refractivity contribution is 9.28. The van der Waals surface area contributed by atoms with Gasteiger partial charge in [-0.3, -0.25) is 4.79 Å². The highest BCUT2D eigenvalue weighted by atomic mass is 79.9. The van der Waals surface area contributed by atoms with Crippen LogP contribution in [0.5, 0.6) is 11.5 Å². The molecule has 144 valence electrons. The summed E-state index contributed by atoms with van der Waals surface area (Å²) < 4.78 is 12.1. The van der Waals surface area contributed by atoms with Crippen molar-refractivity contribution in [3.63, 3.8) is 0 Å². The van der Waals surface area contributed by atoms with Gasteiger partial charge in [-0.1, -0.05) is 50.3 Å². The van der Waals surface area contributed by atoms with Gasteiger partial charge >= 0.3 is 5.97 Å².